The van der Waals surface area contributed by atoms with E-state index in [9.17, 15) is 4.79 Å². The number of nitrogens with two attached hydrogens (primary N) is 1. The Morgan fingerprint density at radius 3 is 2.45 bits per heavy atom. The second-order valence-electron chi connectivity index (χ2n) is 6.25. The summed E-state index contributed by atoms with van der Waals surface area (Å²) in [5.74, 6) is -0.234. The molecular formula is C16H33N3O. The Hall–Kier alpha value is -0.610. The maximum atomic E-state index is 11.6. The first-order chi connectivity index (χ1) is 9.53. The molecule has 20 heavy (non-hydrogen) atoms. The molecule has 4 nitrogen and oxygen atoms in total. The zero-order valence-corrected chi connectivity index (χ0v) is 13.6. The van der Waals surface area contributed by atoms with Gasteiger partial charge in [0, 0.05) is 6.04 Å². The number of rotatable bonds is 10. The normalized spacial score (nSPS) is 19.4. The SMILES string of the molecule is CCNC(C)(CCCCN(CC)C1CCCC1)C(N)=O. The average Bonchev–Trinajstić information content (AvgIpc) is 2.93. The highest BCUT2D eigenvalue weighted by Crippen LogP contribution is 2.24. The van der Waals surface area contributed by atoms with Crippen LogP contribution in [0.5, 0.6) is 0 Å². The first kappa shape index (κ1) is 17.4. The number of likely N-dealkylation sites (N-methyl/N-ethyl adjacent to an activating group) is 1. The van der Waals surface area contributed by atoms with Crippen molar-refractivity contribution in [1.82, 2.24) is 10.2 Å². The quantitative estimate of drug-likeness (QED) is 0.605. The number of carbonyl (C=O) groups is 1. The number of hydrogen-bond donors (Lipinski definition) is 2. The summed E-state index contributed by atoms with van der Waals surface area (Å²) in [7, 11) is 0. The van der Waals surface area contributed by atoms with Crippen LogP contribution in [-0.4, -0.2) is 42.0 Å². The number of nitrogens with one attached hydrogen (secondary N) is 1. The van der Waals surface area contributed by atoms with Gasteiger partial charge in [0.05, 0.1) is 5.54 Å². The number of hydrogen-bond acceptors (Lipinski definition) is 3. The third-order valence-electron chi connectivity index (χ3n) is 4.73. The van der Waals surface area contributed by atoms with Crippen molar-refractivity contribution in [3.05, 3.63) is 0 Å². The van der Waals surface area contributed by atoms with E-state index in [-0.39, 0.29) is 5.91 Å². The number of unbranched alkanes of at least 4 members (excludes halogenated alkanes) is 1. The molecule has 0 aromatic rings. The summed E-state index contributed by atoms with van der Waals surface area (Å²) in [4.78, 5) is 14.2. The van der Waals surface area contributed by atoms with Gasteiger partial charge >= 0.3 is 0 Å². The molecule has 1 rings (SSSR count). The number of carbonyl (C=O) groups excluding carboxylic acids is 1. The Labute approximate surface area is 124 Å². The zero-order chi connectivity index (χ0) is 15.0. The molecule has 1 amide bonds. The summed E-state index contributed by atoms with van der Waals surface area (Å²) in [6.07, 6.45) is 8.55. The molecule has 1 aliphatic carbocycles. The molecule has 0 aromatic heterocycles. The van der Waals surface area contributed by atoms with Crippen molar-refractivity contribution in [2.24, 2.45) is 5.73 Å². The minimum absolute atomic E-state index is 0.234. The maximum absolute atomic E-state index is 11.6. The van der Waals surface area contributed by atoms with Gasteiger partial charge in [0.15, 0.2) is 0 Å². The zero-order valence-electron chi connectivity index (χ0n) is 13.6. The summed E-state index contributed by atoms with van der Waals surface area (Å²) < 4.78 is 0. The van der Waals surface area contributed by atoms with Crippen LogP contribution in [0, 0.1) is 0 Å². The van der Waals surface area contributed by atoms with Crippen LogP contribution in [0.15, 0.2) is 0 Å². The van der Waals surface area contributed by atoms with Crippen molar-refractivity contribution in [1.29, 1.82) is 0 Å². The van der Waals surface area contributed by atoms with Crippen LogP contribution in [0.4, 0.5) is 0 Å². The van der Waals surface area contributed by atoms with Crippen molar-refractivity contribution in [2.45, 2.75) is 77.3 Å². The fourth-order valence-corrected chi connectivity index (χ4v) is 3.35. The molecule has 0 aliphatic heterocycles. The molecular weight excluding hydrogens is 250 g/mol. The van der Waals surface area contributed by atoms with Gasteiger partial charge in [-0.3, -0.25) is 4.79 Å². The fraction of sp³-hybridized carbons (Fsp3) is 0.938. The van der Waals surface area contributed by atoms with E-state index in [0.717, 1.165) is 44.9 Å². The van der Waals surface area contributed by atoms with Gasteiger partial charge in [-0.1, -0.05) is 26.7 Å². The molecule has 3 N–H and O–H groups in total. The summed E-state index contributed by atoms with van der Waals surface area (Å²) >= 11 is 0. The van der Waals surface area contributed by atoms with Crippen LogP contribution in [0.25, 0.3) is 0 Å². The molecule has 0 saturated heterocycles. The molecule has 1 atom stereocenters. The molecule has 1 unspecified atom stereocenters. The smallest absolute Gasteiger partial charge is 0.237 e. The average molecular weight is 283 g/mol. The van der Waals surface area contributed by atoms with Crippen LogP contribution >= 0.6 is 0 Å². The highest BCUT2D eigenvalue weighted by molar-refractivity contribution is 5.84. The van der Waals surface area contributed by atoms with Crippen molar-refractivity contribution < 1.29 is 4.79 Å². The van der Waals surface area contributed by atoms with E-state index in [0.29, 0.717) is 0 Å². The third kappa shape index (κ3) is 5.06. The van der Waals surface area contributed by atoms with Gasteiger partial charge in [0.1, 0.15) is 0 Å². The summed E-state index contributed by atoms with van der Waals surface area (Å²) in [5, 5.41) is 3.23. The lowest BCUT2D eigenvalue weighted by Crippen LogP contribution is -2.53. The molecule has 0 spiro atoms. The molecule has 0 bridgehead atoms. The van der Waals surface area contributed by atoms with Gasteiger partial charge in [-0.15, -0.1) is 0 Å². The topological polar surface area (TPSA) is 58.4 Å². The highest BCUT2D eigenvalue weighted by Gasteiger charge is 2.29. The fourth-order valence-electron chi connectivity index (χ4n) is 3.35. The minimum Gasteiger partial charge on any atom is -0.368 e. The lowest BCUT2D eigenvalue weighted by molar-refractivity contribution is -0.124. The van der Waals surface area contributed by atoms with Crippen molar-refractivity contribution in [3.8, 4) is 0 Å². The summed E-state index contributed by atoms with van der Waals surface area (Å²) in [5.41, 5.74) is 4.97. The van der Waals surface area contributed by atoms with E-state index in [1.807, 2.05) is 13.8 Å². The van der Waals surface area contributed by atoms with E-state index < -0.39 is 5.54 Å². The molecule has 118 valence electrons. The van der Waals surface area contributed by atoms with E-state index in [4.69, 9.17) is 5.73 Å². The van der Waals surface area contributed by atoms with Crippen LogP contribution in [0.1, 0.15) is 65.7 Å². The summed E-state index contributed by atoms with van der Waals surface area (Å²) in [6, 6.07) is 0.802. The van der Waals surface area contributed by atoms with Gasteiger partial charge in [0.2, 0.25) is 5.91 Å². The Morgan fingerprint density at radius 1 is 1.30 bits per heavy atom. The van der Waals surface area contributed by atoms with E-state index in [1.54, 1.807) is 0 Å². The predicted molar refractivity (Wildman–Crippen MR) is 84.6 cm³/mol. The number of primary amides is 1. The van der Waals surface area contributed by atoms with Crippen LogP contribution < -0.4 is 11.1 Å². The Bertz CT molecular complexity index is 289. The van der Waals surface area contributed by atoms with E-state index in [2.05, 4.69) is 17.1 Å². The molecule has 4 heteroatoms. The van der Waals surface area contributed by atoms with Gasteiger partial charge < -0.3 is 16.0 Å². The van der Waals surface area contributed by atoms with E-state index in [1.165, 1.54) is 25.7 Å². The molecule has 1 fully saturated rings. The lowest BCUT2D eigenvalue weighted by Gasteiger charge is -2.29. The van der Waals surface area contributed by atoms with Gasteiger partial charge in [-0.25, -0.2) is 0 Å². The Kier molecular flexibility index (Phi) is 7.52. The first-order valence-electron chi connectivity index (χ1n) is 8.32. The van der Waals surface area contributed by atoms with Gasteiger partial charge in [-0.05, 0) is 58.7 Å². The predicted octanol–water partition coefficient (Wildman–Crippen LogP) is 2.27. The Morgan fingerprint density at radius 2 is 1.95 bits per heavy atom. The van der Waals surface area contributed by atoms with Crippen LogP contribution in [-0.2, 0) is 4.79 Å². The summed E-state index contributed by atoms with van der Waals surface area (Å²) in [6.45, 7) is 9.27. The Balaban J connectivity index is 2.29. The molecule has 1 saturated carbocycles. The van der Waals surface area contributed by atoms with Gasteiger partial charge in [-0.2, -0.15) is 0 Å². The van der Waals surface area contributed by atoms with Crippen LogP contribution in [0.3, 0.4) is 0 Å². The first-order valence-corrected chi connectivity index (χ1v) is 8.32. The second kappa shape index (κ2) is 8.63. The third-order valence-corrected chi connectivity index (χ3v) is 4.73. The maximum Gasteiger partial charge on any atom is 0.237 e. The molecule has 0 radical (unpaired) electrons. The van der Waals surface area contributed by atoms with Crippen LogP contribution in [0.2, 0.25) is 0 Å². The number of amides is 1. The highest BCUT2D eigenvalue weighted by atomic mass is 16.1. The monoisotopic (exact) mass is 283 g/mol. The lowest BCUT2D eigenvalue weighted by atomic mass is 9.93. The molecule has 1 aliphatic rings. The van der Waals surface area contributed by atoms with Crippen molar-refractivity contribution in [2.75, 3.05) is 19.6 Å². The second-order valence-corrected chi connectivity index (χ2v) is 6.25. The standard InChI is InChI=1S/C16H33N3O/c1-4-18-16(3,15(17)20)12-8-9-13-19(5-2)14-10-6-7-11-14/h14,18H,4-13H2,1-3H3,(H2,17,20). The van der Waals surface area contributed by atoms with Crippen molar-refractivity contribution in [3.63, 3.8) is 0 Å². The molecule has 0 heterocycles. The van der Waals surface area contributed by atoms with Crippen molar-refractivity contribution >= 4 is 5.91 Å². The molecule has 0 aromatic carbocycles. The largest absolute Gasteiger partial charge is 0.368 e. The number of nitrogens with zero attached hydrogens (tertiary/aromatic N) is 1. The van der Waals surface area contributed by atoms with Gasteiger partial charge in [0.25, 0.3) is 0 Å². The van der Waals surface area contributed by atoms with E-state index >= 15 is 0 Å². The minimum atomic E-state index is -0.543.